The molecule has 1 aliphatic carbocycles. The van der Waals surface area contributed by atoms with E-state index in [1.54, 1.807) is 0 Å². The molecule has 2 aromatic rings. The summed E-state index contributed by atoms with van der Waals surface area (Å²) in [5, 5.41) is 3.46. The van der Waals surface area contributed by atoms with Crippen molar-refractivity contribution in [1.82, 2.24) is 0 Å². The van der Waals surface area contributed by atoms with E-state index in [1.807, 2.05) is 18.2 Å². The Bertz CT molecular complexity index is 517. The van der Waals surface area contributed by atoms with Crippen molar-refractivity contribution in [2.75, 3.05) is 18.5 Å². The number of rotatable bonds is 7. The minimum atomic E-state index is 0.721. The van der Waals surface area contributed by atoms with E-state index < -0.39 is 0 Å². The number of anilines is 1. The van der Waals surface area contributed by atoms with E-state index in [9.17, 15) is 0 Å². The molecule has 0 atom stereocenters. The molecule has 0 spiro atoms. The topological polar surface area (TPSA) is 21.3 Å². The summed E-state index contributed by atoms with van der Waals surface area (Å²) in [6.45, 7) is 1.83. The standard InChI is InChI=1S/C18H21NO/c1-2-4-15(5-3-1)12-13-20-18-10-8-17(9-11-18)19-14-16-6-7-16/h1-5,8-11,16,19H,6-7,12-14H2. The molecule has 2 heteroatoms. The van der Waals surface area contributed by atoms with Gasteiger partial charge in [0.25, 0.3) is 0 Å². The summed E-state index contributed by atoms with van der Waals surface area (Å²) >= 11 is 0. The maximum absolute atomic E-state index is 5.78. The van der Waals surface area contributed by atoms with Gasteiger partial charge in [-0.2, -0.15) is 0 Å². The van der Waals surface area contributed by atoms with E-state index in [0.717, 1.165) is 31.2 Å². The maximum Gasteiger partial charge on any atom is 0.119 e. The average molecular weight is 267 g/mol. The van der Waals surface area contributed by atoms with Crippen molar-refractivity contribution in [2.24, 2.45) is 5.92 Å². The lowest BCUT2D eigenvalue weighted by Gasteiger charge is -2.08. The first-order valence-corrected chi connectivity index (χ1v) is 7.41. The smallest absolute Gasteiger partial charge is 0.119 e. The van der Waals surface area contributed by atoms with Crippen molar-refractivity contribution >= 4 is 5.69 Å². The molecule has 0 amide bonds. The van der Waals surface area contributed by atoms with Crippen LogP contribution >= 0.6 is 0 Å². The van der Waals surface area contributed by atoms with Crippen LogP contribution in [0.25, 0.3) is 0 Å². The summed E-state index contributed by atoms with van der Waals surface area (Å²) in [6, 6.07) is 18.7. The van der Waals surface area contributed by atoms with Gasteiger partial charge in [0.1, 0.15) is 5.75 Å². The molecule has 0 bridgehead atoms. The highest BCUT2D eigenvalue weighted by Crippen LogP contribution is 2.29. The molecule has 0 aromatic heterocycles. The van der Waals surface area contributed by atoms with Crippen LogP contribution < -0.4 is 10.1 Å². The minimum Gasteiger partial charge on any atom is -0.493 e. The van der Waals surface area contributed by atoms with E-state index in [1.165, 1.54) is 24.1 Å². The molecular weight excluding hydrogens is 246 g/mol. The lowest BCUT2D eigenvalue weighted by Crippen LogP contribution is -2.03. The normalized spacial score (nSPS) is 14.0. The lowest BCUT2D eigenvalue weighted by atomic mass is 10.2. The van der Waals surface area contributed by atoms with Crippen molar-refractivity contribution in [3.63, 3.8) is 0 Å². The van der Waals surface area contributed by atoms with E-state index in [0.29, 0.717) is 0 Å². The first-order valence-electron chi connectivity index (χ1n) is 7.41. The zero-order valence-corrected chi connectivity index (χ0v) is 11.7. The quantitative estimate of drug-likeness (QED) is 0.814. The number of ether oxygens (including phenoxy) is 1. The zero-order chi connectivity index (χ0) is 13.6. The SMILES string of the molecule is c1ccc(CCOc2ccc(NCC3CC3)cc2)cc1. The highest BCUT2D eigenvalue weighted by molar-refractivity contribution is 5.46. The third-order valence-electron chi connectivity index (χ3n) is 3.65. The van der Waals surface area contributed by atoms with Crippen molar-refractivity contribution < 1.29 is 4.74 Å². The van der Waals surface area contributed by atoms with Gasteiger partial charge in [-0.15, -0.1) is 0 Å². The van der Waals surface area contributed by atoms with Crippen LogP contribution in [0, 0.1) is 5.92 Å². The molecule has 3 rings (SSSR count). The molecule has 0 saturated heterocycles. The molecule has 0 radical (unpaired) electrons. The monoisotopic (exact) mass is 267 g/mol. The molecule has 1 fully saturated rings. The van der Waals surface area contributed by atoms with Gasteiger partial charge in [0, 0.05) is 18.7 Å². The van der Waals surface area contributed by atoms with Crippen molar-refractivity contribution in [2.45, 2.75) is 19.3 Å². The Balaban J connectivity index is 1.43. The Hall–Kier alpha value is -1.96. The molecule has 2 nitrogen and oxygen atoms in total. The van der Waals surface area contributed by atoms with E-state index >= 15 is 0 Å². The van der Waals surface area contributed by atoms with Gasteiger partial charge >= 0.3 is 0 Å². The Labute approximate surface area is 120 Å². The molecule has 1 aliphatic rings. The third-order valence-corrected chi connectivity index (χ3v) is 3.65. The minimum absolute atomic E-state index is 0.721. The predicted octanol–water partition coefficient (Wildman–Crippen LogP) is 4.13. The van der Waals surface area contributed by atoms with Gasteiger partial charge in [-0.3, -0.25) is 0 Å². The summed E-state index contributed by atoms with van der Waals surface area (Å²) in [6.07, 6.45) is 3.71. The zero-order valence-electron chi connectivity index (χ0n) is 11.7. The molecule has 0 aliphatic heterocycles. The first kappa shape index (κ1) is 13.0. The van der Waals surface area contributed by atoms with Crippen LogP contribution in [0.2, 0.25) is 0 Å². The van der Waals surface area contributed by atoms with Gasteiger partial charge < -0.3 is 10.1 Å². The van der Waals surface area contributed by atoms with Crippen molar-refractivity contribution in [3.8, 4) is 5.75 Å². The largest absolute Gasteiger partial charge is 0.493 e. The summed E-state index contributed by atoms with van der Waals surface area (Å²) in [5.74, 6) is 1.84. The molecule has 0 heterocycles. The van der Waals surface area contributed by atoms with Crippen LogP contribution in [0.3, 0.4) is 0 Å². The molecular formula is C18H21NO. The number of nitrogens with one attached hydrogen (secondary N) is 1. The van der Waals surface area contributed by atoms with Gasteiger partial charge in [0.05, 0.1) is 6.61 Å². The van der Waals surface area contributed by atoms with Crippen LogP contribution in [-0.4, -0.2) is 13.2 Å². The molecule has 1 saturated carbocycles. The first-order chi connectivity index (χ1) is 9.90. The van der Waals surface area contributed by atoms with Crippen molar-refractivity contribution in [1.29, 1.82) is 0 Å². The Morgan fingerprint density at radius 1 is 0.950 bits per heavy atom. The molecule has 0 unspecified atom stereocenters. The Kier molecular flexibility index (Phi) is 4.22. The second-order valence-corrected chi connectivity index (χ2v) is 5.43. The lowest BCUT2D eigenvalue weighted by molar-refractivity contribution is 0.322. The molecule has 1 N–H and O–H groups in total. The van der Waals surface area contributed by atoms with Crippen LogP contribution in [-0.2, 0) is 6.42 Å². The van der Waals surface area contributed by atoms with E-state index in [4.69, 9.17) is 4.74 Å². The van der Waals surface area contributed by atoms with Gasteiger partial charge in [-0.05, 0) is 48.6 Å². The van der Waals surface area contributed by atoms with Gasteiger partial charge in [0.15, 0.2) is 0 Å². The summed E-state index contributed by atoms with van der Waals surface area (Å²) < 4.78 is 5.78. The summed E-state index contributed by atoms with van der Waals surface area (Å²) in [7, 11) is 0. The third kappa shape index (κ3) is 4.02. The van der Waals surface area contributed by atoms with Crippen LogP contribution in [0.5, 0.6) is 5.75 Å². The summed E-state index contributed by atoms with van der Waals surface area (Å²) in [4.78, 5) is 0. The van der Waals surface area contributed by atoms with Crippen LogP contribution in [0.15, 0.2) is 54.6 Å². The highest BCUT2D eigenvalue weighted by Gasteiger charge is 2.20. The number of hydrogen-bond donors (Lipinski definition) is 1. The fraction of sp³-hybridized carbons (Fsp3) is 0.333. The second-order valence-electron chi connectivity index (χ2n) is 5.43. The Morgan fingerprint density at radius 2 is 1.70 bits per heavy atom. The van der Waals surface area contributed by atoms with Gasteiger partial charge in [-0.25, -0.2) is 0 Å². The fourth-order valence-electron chi connectivity index (χ4n) is 2.18. The highest BCUT2D eigenvalue weighted by atomic mass is 16.5. The van der Waals surface area contributed by atoms with Crippen LogP contribution in [0.4, 0.5) is 5.69 Å². The fourth-order valence-corrected chi connectivity index (χ4v) is 2.18. The average Bonchev–Trinajstić information content (AvgIpc) is 3.32. The maximum atomic E-state index is 5.78. The summed E-state index contributed by atoms with van der Waals surface area (Å²) in [5.41, 5.74) is 2.50. The predicted molar refractivity (Wildman–Crippen MR) is 83.3 cm³/mol. The second kappa shape index (κ2) is 6.47. The van der Waals surface area contributed by atoms with E-state index in [-0.39, 0.29) is 0 Å². The molecule has 20 heavy (non-hydrogen) atoms. The molecule has 104 valence electrons. The Morgan fingerprint density at radius 3 is 2.40 bits per heavy atom. The number of hydrogen-bond acceptors (Lipinski definition) is 2. The van der Waals surface area contributed by atoms with Gasteiger partial charge in [0.2, 0.25) is 0 Å². The van der Waals surface area contributed by atoms with Crippen LogP contribution in [0.1, 0.15) is 18.4 Å². The number of benzene rings is 2. The van der Waals surface area contributed by atoms with Gasteiger partial charge in [-0.1, -0.05) is 30.3 Å². The van der Waals surface area contributed by atoms with Crippen molar-refractivity contribution in [3.05, 3.63) is 60.2 Å². The van der Waals surface area contributed by atoms with E-state index in [2.05, 4.69) is 41.7 Å². The molecule has 2 aromatic carbocycles.